The Morgan fingerprint density at radius 3 is 2.57 bits per heavy atom. The maximum atomic E-state index is 12.5. The van der Waals surface area contributed by atoms with Crippen LogP contribution in [0.5, 0.6) is 0 Å². The van der Waals surface area contributed by atoms with Gasteiger partial charge in [0.05, 0.1) is 4.90 Å². The second-order valence-electron chi connectivity index (χ2n) is 6.32. The number of nitrogens with zero attached hydrogens (tertiary/aromatic N) is 1. The summed E-state index contributed by atoms with van der Waals surface area (Å²) >= 11 is 0. The third kappa shape index (κ3) is 4.23. The molecule has 10 heteroatoms. The van der Waals surface area contributed by atoms with E-state index in [0.29, 0.717) is 11.3 Å². The number of rotatable bonds is 6. The molecular formula is C20H15N3O6S. The van der Waals surface area contributed by atoms with Crippen molar-refractivity contribution in [1.82, 2.24) is 10.1 Å². The van der Waals surface area contributed by atoms with Gasteiger partial charge in [0.1, 0.15) is 11.5 Å². The Kier molecular flexibility index (Phi) is 5.07. The van der Waals surface area contributed by atoms with E-state index < -0.39 is 21.5 Å². The number of hydrogen-bond donors (Lipinski definition) is 2. The lowest BCUT2D eigenvalue weighted by molar-refractivity contribution is 0.0995. The summed E-state index contributed by atoms with van der Waals surface area (Å²) in [6, 6.07) is 17.4. The molecule has 0 saturated carbocycles. The van der Waals surface area contributed by atoms with Crippen LogP contribution in [0.4, 0.5) is 5.69 Å². The molecular weight excluding hydrogens is 410 g/mol. The Labute approximate surface area is 170 Å². The van der Waals surface area contributed by atoms with Gasteiger partial charge in [0.2, 0.25) is 0 Å². The Morgan fingerprint density at radius 1 is 1.03 bits per heavy atom. The van der Waals surface area contributed by atoms with Crippen LogP contribution in [-0.4, -0.2) is 24.5 Å². The van der Waals surface area contributed by atoms with Crippen molar-refractivity contribution in [2.75, 3.05) is 5.32 Å². The van der Waals surface area contributed by atoms with Gasteiger partial charge in [-0.25, -0.2) is 13.2 Å². The van der Waals surface area contributed by atoms with Gasteiger partial charge in [0, 0.05) is 11.3 Å². The molecule has 0 aliphatic carbocycles. The third-order valence-corrected chi connectivity index (χ3v) is 5.81. The summed E-state index contributed by atoms with van der Waals surface area (Å²) in [5.74, 6) is -1.26. The maximum Gasteiger partial charge on any atom is 0.439 e. The van der Waals surface area contributed by atoms with Crippen molar-refractivity contribution in [3.8, 4) is 11.4 Å². The predicted octanol–water partition coefficient (Wildman–Crippen LogP) is 2.85. The first kappa shape index (κ1) is 19.4. The SMILES string of the molecule is O=C(Nc1cccc(-c2noc(=O)[nH]2)c1)c1ccc(CS(=O)(=O)c2ccccc2)o1. The van der Waals surface area contributed by atoms with E-state index >= 15 is 0 Å². The fraction of sp³-hybridized carbons (Fsp3) is 0.0500. The lowest BCUT2D eigenvalue weighted by Crippen LogP contribution is -2.11. The van der Waals surface area contributed by atoms with E-state index in [1.165, 1.54) is 24.3 Å². The Balaban J connectivity index is 1.48. The van der Waals surface area contributed by atoms with E-state index in [0.717, 1.165) is 0 Å². The summed E-state index contributed by atoms with van der Waals surface area (Å²) < 4.78 is 34.8. The zero-order chi connectivity index (χ0) is 21.1. The normalized spacial score (nSPS) is 11.3. The van der Waals surface area contributed by atoms with Gasteiger partial charge >= 0.3 is 5.76 Å². The number of sulfone groups is 1. The summed E-state index contributed by atoms with van der Waals surface area (Å²) in [5.41, 5.74) is 0.962. The number of nitrogens with one attached hydrogen (secondary N) is 2. The molecule has 152 valence electrons. The summed E-state index contributed by atoms with van der Waals surface area (Å²) in [6.45, 7) is 0. The van der Waals surface area contributed by atoms with E-state index in [1.54, 1.807) is 42.5 Å². The van der Waals surface area contributed by atoms with Gasteiger partial charge in [-0.15, -0.1) is 0 Å². The van der Waals surface area contributed by atoms with Crippen LogP contribution in [0.2, 0.25) is 0 Å². The predicted molar refractivity (Wildman–Crippen MR) is 107 cm³/mol. The van der Waals surface area contributed by atoms with Crippen molar-refractivity contribution >= 4 is 21.4 Å². The van der Waals surface area contributed by atoms with Crippen molar-refractivity contribution in [3.63, 3.8) is 0 Å². The molecule has 30 heavy (non-hydrogen) atoms. The first-order valence-corrected chi connectivity index (χ1v) is 10.4. The van der Waals surface area contributed by atoms with Gasteiger partial charge in [-0.05, 0) is 36.4 Å². The van der Waals surface area contributed by atoms with Crippen LogP contribution in [0.1, 0.15) is 16.3 Å². The topological polar surface area (TPSA) is 135 Å². The number of aromatic nitrogens is 2. The Bertz CT molecular complexity index is 1350. The van der Waals surface area contributed by atoms with Crippen molar-refractivity contribution in [2.45, 2.75) is 10.6 Å². The van der Waals surface area contributed by atoms with Crippen molar-refractivity contribution in [3.05, 3.63) is 88.8 Å². The zero-order valence-electron chi connectivity index (χ0n) is 15.4. The fourth-order valence-electron chi connectivity index (χ4n) is 2.77. The first-order chi connectivity index (χ1) is 14.4. The molecule has 0 radical (unpaired) electrons. The molecule has 0 aliphatic heterocycles. The second kappa shape index (κ2) is 7.84. The molecule has 0 atom stereocenters. The molecule has 0 spiro atoms. The fourth-order valence-corrected chi connectivity index (χ4v) is 4.04. The number of furan rings is 1. The van der Waals surface area contributed by atoms with E-state index in [4.69, 9.17) is 4.42 Å². The number of carbonyl (C=O) groups excluding carboxylic acids is 1. The average molecular weight is 425 g/mol. The third-order valence-electron chi connectivity index (χ3n) is 4.15. The number of H-pyrrole nitrogens is 1. The van der Waals surface area contributed by atoms with Gasteiger partial charge in [-0.1, -0.05) is 35.5 Å². The zero-order valence-corrected chi connectivity index (χ0v) is 16.2. The van der Waals surface area contributed by atoms with Crippen molar-refractivity contribution in [2.24, 2.45) is 0 Å². The maximum absolute atomic E-state index is 12.5. The van der Waals surface area contributed by atoms with Gasteiger partial charge in [0.25, 0.3) is 5.91 Å². The highest BCUT2D eigenvalue weighted by Gasteiger charge is 2.19. The van der Waals surface area contributed by atoms with Crippen LogP contribution in [0.15, 0.2) is 85.4 Å². The number of hydrogen-bond acceptors (Lipinski definition) is 7. The first-order valence-electron chi connectivity index (χ1n) is 8.75. The summed E-state index contributed by atoms with van der Waals surface area (Å²) in [4.78, 5) is 26.2. The molecule has 0 unspecified atom stereocenters. The number of benzene rings is 2. The van der Waals surface area contributed by atoms with Crippen LogP contribution in [-0.2, 0) is 15.6 Å². The van der Waals surface area contributed by atoms with E-state index in [1.807, 2.05) is 0 Å². The molecule has 1 amide bonds. The van der Waals surface area contributed by atoms with Gasteiger partial charge in [0.15, 0.2) is 21.4 Å². The summed E-state index contributed by atoms with van der Waals surface area (Å²) in [6.07, 6.45) is 0. The molecule has 4 rings (SSSR count). The highest BCUT2D eigenvalue weighted by Crippen LogP contribution is 2.21. The molecule has 2 N–H and O–H groups in total. The quantitative estimate of drug-likeness (QED) is 0.485. The van der Waals surface area contributed by atoms with Gasteiger partial charge in [-0.3, -0.25) is 14.3 Å². The number of aromatic amines is 1. The van der Waals surface area contributed by atoms with Crippen LogP contribution in [0, 0.1) is 0 Å². The molecule has 4 aromatic rings. The number of carbonyl (C=O) groups is 1. The average Bonchev–Trinajstić information content (AvgIpc) is 3.38. The summed E-state index contributed by atoms with van der Waals surface area (Å²) in [7, 11) is -3.59. The molecule has 0 saturated heterocycles. The molecule has 2 aromatic heterocycles. The number of anilines is 1. The molecule has 9 nitrogen and oxygen atoms in total. The second-order valence-corrected chi connectivity index (χ2v) is 8.31. The highest BCUT2D eigenvalue weighted by atomic mass is 32.2. The lowest BCUT2D eigenvalue weighted by Gasteiger charge is -2.05. The van der Waals surface area contributed by atoms with E-state index in [2.05, 4.69) is 20.0 Å². The molecule has 2 heterocycles. The number of amides is 1. The minimum atomic E-state index is -3.59. The Morgan fingerprint density at radius 2 is 1.83 bits per heavy atom. The Hall–Kier alpha value is -3.92. The molecule has 0 fully saturated rings. The van der Waals surface area contributed by atoms with Crippen LogP contribution >= 0.6 is 0 Å². The smallest absolute Gasteiger partial charge is 0.439 e. The van der Waals surface area contributed by atoms with Gasteiger partial charge in [-0.2, -0.15) is 0 Å². The summed E-state index contributed by atoms with van der Waals surface area (Å²) in [5, 5.41) is 6.25. The van der Waals surface area contributed by atoms with E-state index in [-0.39, 0.29) is 28.0 Å². The van der Waals surface area contributed by atoms with E-state index in [9.17, 15) is 18.0 Å². The van der Waals surface area contributed by atoms with Crippen molar-refractivity contribution in [1.29, 1.82) is 0 Å². The molecule has 2 aromatic carbocycles. The van der Waals surface area contributed by atoms with Crippen LogP contribution in [0.3, 0.4) is 0 Å². The van der Waals surface area contributed by atoms with Crippen molar-refractivity contribution < 1.29 is 22.2 Å². The standard InChI is InChI=1S/C20H15N3O6S/c24-19(21-14-6-4-5-13(11-14)18-22-20(25)29-23-18)17-10-9-15(28-17)12-30(26,27)16-7-2-1-3-8-16/h1-11H,12H2,(H,21,24)(H,22,23,25). The highest BCUT2D eigenvalue weighted by molar-refractivity contribution is 7.90. The largest absolute Gasteiger partial charge is 0.455 e. The monoisotopic (exact) mass is 425 g/mol. The van der Waals surface area contributed by atoms with Crippen LogP contribution < -0.4 is 11.1 Å². The minimum absolute atomic E-state index is 0.0338. The molecule has 0 bridgehead atoms. The molecule has 0 aliphatic rings. The van der Waals surface area contributed by atoms with Gasteiger partial charge < -0.3 is 9.73 Å². The van der Waals surface area contributed by atoms with Crippen LogP contribution in [0.25, 0.3) is 11.4 Å². The lowest BCUT2D eigenvalue weighted by atomic mass is 10.2. The minimum Gasteiger partial charge on any atom is -0.455 e.